The second-order valence-corrected chi connectivity index (χ2v) is 4.85. The van der Waals surface area contributed by atoms with Gasteiger partial charge in [0.15, 0.2) is 5.78 Å². The summed E-state index contributed by atoms with van der Waals surface area (Å²) in [6.07, 6.45) is 0.447. The van der Waals surface area contributed by atoms with E-state index in [2.05, 4.69) is 5.32 Å². The van der Waals surface area contributed by atoms with Gasteiger partial charge in [-0.25, -0.2) is 0 Å². The van der Waals surface area contributed by atoms with Crippen LogP contribution in [0.3, 0.4) is 0 Å². The van der Waals surface area contributed by atoms with Crippen molar-refractivity contribution in [3.63, 3.8) is 0 Å². The highest BCUT2D eigenvalue weighted by Gasteiger charge is 2.07. The molecule has 22 heavy (non-hydrogen) atoms. The first-order chi connectivity index (χ1) is 10.0. The molecule has 0 amide bonds. The molecule has 0 aliphatic heterocycles. The van der Waals surface area contributed by atoms with Crippen molar-refractivity contribution in [3.05, 3.63) is 29.8 Å². The molecule has 0 aliphatic carbocycles. The van der Waals surface area contributed by atoms with Crippen LogP contribution in [0.1, 0.15) is 37.6 Å². The molecule has 0 aliphatic rings. The Labute approximate surface area is 137 Å². The summed E-state index contributed by atoms with van der Waals surface area (Å²) in [7, 11) is 0. The Morgan fingerprint density at radius 2 is 1.82 bits per heavy atom. The van der Waals surface area contributed by atoms with Crippen LogP contribution in [0.4, 0.5) is 0 Å². The van der Waals surface area contributed by atoms with Crippen molar-refractivity contribution in [1.29, 1.82) is 0 Å². The van der Waals surface area contributed by atoms with Crippen molar-refractivity contribution in [2.45, 2.75) is 33.3 Å². The quantitative estimate of drug-likeness (QED) is 0.428. The molecular formula is C16H24ClNO4. The summed E-state index contributed by atoms with van der Waals surface area (Å²) in [4.78, 5) is 23.1. The lowest BCUT2D eigenvalue weighted by Gasteiger charge is -2.10. The maximum atomic E-state index is 12.0. The largest absolute Gasteiger partial charge is 0.491 e. The van der Waals surface area contributed by atoms with Gasteiger partial charge in [0.25, 0.3) is 0 Å². The van der Waals surface area contributed by atoms with Crippen LogP contribution < -0.4 is 10.1 Å². The van der Waals surface area contributed by atoms with Gasteiger partial charge in [-0.2, -0.15) is 0 Å². The van der Waals surface area contributed by atoms with E-state index in [-0.39, 0.29) is 36.8 Å². The lowest BCUT2D eigenvalue weighted by atomic mass is 10.1. The standard InChI is InChI=1S/C16H23NO4.ClH/c1-4-20-16(19)11-17-10-9-15(18)13-5-7-14(8-6-13)21-12(2)3;/h5-8,12,17H,4,9-11H2,1-3H3;1H. The number of nitrogens with one attached hydrogen (secondary N) is 1. The number of esters is 1. The van der Waals surface area contributed by atoms with Crippen LogP contribution in [0.2, 0.25) is 0 Å². The molecule has 1 aromatic rings. The van der Waals surface area contributed by atoms with E-state index in [1.807, 2.05) is 13.8 Å². The number of carbonyl (C=O) groups excluding carboxylic acids is 2. The second-order valence-electron chi connectivity index (χ2n) is 4.85. The number of halogens is 1. The minimum atomic E-state index is -0.305. The number of rotatable bonds is 9. The first-order valence-electron chi connectivity index (χ1n) is 7.19. The van der Waals surface area contributed by atoms with E-state index in [0.717, 1.165) is 5.75 Å². The smallest absolute Gasteiger partial charge is 0.319 e. The van der Waals surface area contributed by atoms with E-state index in [1.54, 1.807) is 31.2 Å². The average molecular weight is 330 g/mol. The summed E-state index contributed by atoms with van der Waals surface area (Å²) in [5, 5.41) is 2.89. The minimum absolute atomic E-state index is 0. The van der Waals surface area contributed by atoms with Gasteiger partial charge in [0.1, 0.15) is 5.75 Å². The van der Waals surface area contributed by atoms with E-state index >= 15 is 0 Å². The van der Waals surface area contributed by atoms with Crippen LogP contribution in [-0.4, -0.2) is 37.6 Å². The van der Waals surface area contributed by atoms with E-state index in [4.69, 9.17) is 9.47 Å². The molecule has 0 spiro atoms. The monoisotopic (exact) mass is 329 g/mol. The summed E-state index contributed by atoms with van der Waals surface area (Å²) in [6.45, 7) is 6.60. The molecule has 6 heteroatoms. The summed E-state index contributed by atoms with van der Waals surface area (Å²) in [5.74, 6) is 0.476. The highest BCUT2D eigenvalue weighted by molar-refractivity contribution is 5.96. The molecule has 0 aromatic heterocycles. The predicted octanol–water partition coefficient (Wildman–Crippen LogP) is 2.62. The number of hydrogen-bond acceptors (Lipinski definition) is 5. The van der Waals surface area contributed by atoms with Crippen LogP contribution in [0.5, 0.6) is 5.75 Å². The van der Waals surface area contributed by atoms with Crippen LogP contribution in [0.15, 0.2) is 24.3 Å². The Bertz CT molecular complexity index is 460. The molecule has 0 atom stereocenters. The van der Waals surface area contributed by atoms with E-state index in [0.29, 0.717) is 25.1 Å². The first kappa shape index (κ1) is 20.4. The summed E-state index contributed by atoms with van der Waals surface area (Å²) < 4.78 is 10.3. The summed E-state index contributed by atoms with van der Waals surface area (Å²) >= 11 is 0. The van der Waals surface area contributed by atoms with Crippen molar-refractivity contribution in [2.24, 2.45) is 0 Å². The zero-order valence-electron chi connectivity index (χ0n) is 13.3. The minimum Gasteiger partial charge on any atom is -0.491 e. The van der Waals surface area contributed by atoms with Crippen molar-refractivity contribution in [3.8, 4) is 5.75 Å². The molecule has 0 saturated heterocycles. The Morgan fingerprint density at radius 3 is 2.36 bits per heavy atom. The number of ketones is 1. The number of benzene rings is 1. The van der Waals surface area contributed by atoms with Crippen molar-refractivity contribution >= 4 is 24.2 Å². The van der Waals surface area contributed by atoms with Crippen LogP contribution in [-0.2, 0) is 9.53 Å². The van der Waals surface area contributed by atoms with Crippen molar-refractivity contribution in [2.75, 3.05) is 19.7 Å². The Hall–Kier alpha value is -1.59. The zero-order valence-corrected chi connectivity index (χ0v) is 14.1. The molecule has 124 valence electrons. The lowest BCUT2D eigenvalue weighted by Crippen LogP contribution is -2.26. The van der Waals surface area contributed by atoms with Crippen LogP contribution in [0.25, 0.3) is 0 Å². The van der Waals surface area contributed by atoms with Gasteiger partial charge in [-0.1, -0.05) is 0 Å². The number of ether oxygens (including phenoxy) is 2. The molecule has 0 bridgehead atoms. The number of carbonyl (C=O) groups is 2. The first-order valence-corrected chi connectivity index (χ1v) is 7.19. The van der Waals surface area contributed by atoms with Gasteiger partial charge in [-0.15, -0.1) is 12.4 Å². The van der Waals surface area contributed by atoms with Crippen LogP contribution in [0, 0.1) is 0 Å². The van der Waals surface area contributed by atoms with Crippen LogP contribution >= 0.6 is 12.4 Å². The second kappa shape index (κ2) is 11.0. The van der Waals surface area contributed by atoms with Crippen molar-refractivity contribution < 1.29 is 19.1 Å². The Morgan fingerprint density at radius 1 is 1.18 bits per heavy atom. The molecule has 0 fully saturated rings. The maximum Gasteiger partial charge on any atom is 0.319 e. The van der Waals surface area contributed by atoms with E-state index < -0.39 is 0 Å². The normalized spacial score (nSPS) is 10.0. The lowest BCUT2D eigenvalue weighted by molar-refractivity contribution is -0.141. The van der Waals surface area contributed by atoms with Gasteiger partial charge in [0, 0.05) is 18.5 Å². The van der Waals surface area contributed by atoms with E-state index in [1.165, 1.54) is 0 Å². The molecular weight excluding hydrogens is 306 g/mol. The fourth-order valence-electron chi connectivity index (χ4n) is 1.74. The SMILES string of the molecule is CCOC(=O)CNCCC(=O)c1ccc(OC(C)C)cc1.Cl. The third-order valence-electron chi connectivity index (χ3n) is 2.65. The summed E-state index contributed by atoms with van der Waals surface area (Å²) in [6, 6.07) is 7.09. The molecule has 0 saturated carbocycles. The fourth-order valence-corrected chi connectivity index (χ4v) is 1.74. The molecule has 0 radical (unpaired) electrons. The third-order valence-corrected chi connectivity index (χ3v) is 2.65. The van der Waals surface area contributed by atoms with Gasteiger partial charge < -0.3 is 14.8 Å². The predicted molar refractivity (Wildman–Crippen MR) is 87.9 cm³/mol. The number of hydrogen-bond donors (Lipinski definition) is 1. The third kappa shape index (κ3) is 8.00. The van der Waals surface area contributed by atoms with E-state index in [9.17, 15) is 9.59 Å². The van der Waals surface area contributed by atoms with Gasteiger partial charge in [0.2, 0.25) is 0 Å². The molecule has 0 unspecified atom stereocenters. The van der Waals surface area contributed by atoms with Gasteiger partial charge in [-0.05, 0) is 45.0 Å². The van der Waals surface area contributed by atoms with Gasteiger partial charge in [-0.3, -0.25) is 9.59 Å². The molecule has 5 nitrogen and oxygen atoms in total. The Balaban J connectivity index is 0.00000441. The molecule has 1 aromatic carbocycles. The highest BCUT2D eigenvalue weighted by atomic mass is 35.5. The molecule has 1 rings (SSSR count). The molecule has 1 N–H and O–H groups in total. The van der Waals surface area contributed by atoms with Gasteiger partial charge in [0.05, 0.1) is 19.3 Å². The summed E-state index contributed by atoms with van der Waals surface area (Å²) in [5.41, 5.74) is 0.643. The maximum absolute atomic E-state index is 12.0. The Kier molecular flexibility index (Phi) is 10.2. The topological polar surface area (TPSA) is 64.6 Å². The average Bonchev–Trinajstić information content (AvgIpc) is 2.44. The van der Waals surface area contributed by atoms with Crippen molar-refractivity contribution in [1.82, 2.24) is 5.32 Å². The fraction of sp³-hybridized carbons (Fsp3) is 0.500. The number of Topliss-reactive ketones (excluding diaryl/α,β-unsaturated/α-hetero) is 1. The highest BCUT2D eigenvalue weighted by Crippen LogP contribution is 2.14. The zero-order chi connectivity index (χ0) is 15.7. The van der Waals surface area contributed by atoms with Gasteiger partial charge >= 0.3 is 5.97 Å². The molecule has 0 heterocycles.